The third kappa shape index (κ3) is 14.6. The summed E-state index contributed by atoms with van der Waals surface area (Å²) in [5, 5.41) is 11.9. The van der Waals surface area contributed by atoms with Crippen molar-refractivity contribution in [3.8, 4) is 0 Å². The summed E-state index contributed by atoms with van der Waals surface area (Å²) in [6.07, 6.45) is 1.11. The molecule has 1 aliphatic carbocycles. The van der Waals surface area contributed by atoms with Crippen LogP contribution in [0.1, 0.15) is 109 Å². The average molecular weight is 489 g/mol. The molecule has 2 aliphatic rings. The molecule has 0 spiro atoms. The molecule has 3 rings (SSSR count). The number of nitrogens with zero attached hydrogens (tertiary/aromatic N) is 1. The van der Waals surface area contributed by atoms with Crippen LogP contribution in [0.25, 0.3) is 0 Å². The molecule has 0 radical (unpaired) electrons. The lowest BCUT2D eigenvalue weighted by atomic mass is 9.95. The zero-order valence-electron chi connectivity index (χ0n) is 21.9. The van der Waals surface area contributed by atoms with E-state index in [-0.39, 0.29) is 26.0 Å². The molecule has 0 bridgehead atoms. The Labute approximate surface area is 207 Å². The zero-order chi connectivity index (χ0) is 25.6. The second-order valence-corrected chi connectivity index (χ2v) is 9.15. The van der Waals surface area contributed by atoms with Crippen molar-refractivity contribution in [3.63, 3.8) is 0 Å². The smallest absolute Gasteiger partial charge is 0.338 e. The van der Waals surface area contributed by atoms with Gasteiger partial charge in [0, 0.05) is 25.7 Å². The van der Waals surface area contributed by atoms with Gasteiger partial charge < -0.3 is 15.2 Å². The van der Waals surface area contributed by atoms with E-state index in [0.29, 0.717) is 31.1 Å². The molecule has 1 aromatic carbocycles. The molecule has 2 N–H and O–H groups in total. The highest BCUT2D eigenvalue weighted by Crippen LogP contribution is 2.42. The summed E-state index contributed by atoms with van der Waals surface area (Å²) in [6.45, 7) is 15.2. The van der Waals surface area contributed by atoms with Crippen LogP contribution in [0.15, 0.2) is 18.2 Å². The number of hydrogen-bond acceptors (Lipinski definition) is 5. The summed E-state index contributed by atoms with van der Waals surface area (Å²) in [5.41, 5.74) is 2.21. The van der Waals surface area contributed by atoms with Gasteiger partial charge >= 0.3 is 5.97 Å². The Morgan fingerprint density at radius 1 is 1.24 bits per heavy atom. The van der Waals surface area contributed by atoms with Crippen molar-refractivity contribution >= 4 is 5.97 Å². The first kappa shape index (κ1) is 34.6. The van der Waals surface area contributed by atoms with Crippen molar-refractivity contribution in [2.75, 3.05) is 33.3 Å². The second-order valence-electron chi connectivity index (χ2n) is 9.15. The third-order valence-corrected chi connectivity index (χ3v) is 4.56. The van der Waals surface area contributed by atoms with Crippen LogP contribution in [0, 0.1) is 0 Å². The maximum absolute atomic E-state index is 12.6. The van der Waals surface area contributed by atoms with Crippen LogP contribution < -0.4 is 5.32 Å². The average Bonchev–Trinajstić information content (AvgIpc) is 3.59. The standard InChI is InChI=1S/C17H22F2N2O2.C4H10O.C3H8.C2H6.CH4/c1-23-17(22)13-5-4-12(8-14(13)11-2-3-11)15-9-21(7-6-20-15)10-16(18)19;1-4(2,3)5;1-3-2;1-2;/h4-5,8,11,15-16,20H,2-3,6-7,9-10H2,1H3;5H,1-3H3;3H2,1-2H3;1-2H3;1H4. The lowest BCUT2D eigenvalue weighted by Gasteiger charge is -2.34. The molecule has 34 heavy (non-hydrogen) atoms. The van der Waals surface area contributed by atoms with Crippen molar-refractivity contribution < 1.29 is 23.4 Å². The highest BCUT2D eigenvalue weighted by Gasteiger charge is 2.30. The molecule has 1 saturated carbocycles. The van der Waals surface area contributed by atoms with Crippen molar-refractivity contribution in [1.82, 2.24) is 10.2 Å². The van der Waals surface area contributed by atoms with E-state index in [9.17, 15) is 13.6 Å². The van der Waals surface area contributed by atoms with Gasteiger partial charge in [-0.1, -0.05) is 53.7 Å². The summed E-state index contributed by atoms with van der Waals surface area (Å²) >= 11 is 0. The minimum Gasteiger partial charge on any atom is -0.465 e. The highest BCUT2D eigenvalue weighted by molar-refractivity contribution is 5.91. The molecule has 1 unspecified atom stereocenters. The SMILES string of the molecule is C.CC.CC(C)(C)O.CCC.COC(=O)c1ccc(C2CN(CC(F)F)CCN2)cc1C1CC1. The maximum Gasteiger partial charge on any atom is 0.338 e. The normalized spacial score (nSPS) is 17.6. The van der Waals surface area contributed by atoms with Crippen molar-refractivity contribution in [1.29, 1.82) is 0 Å². The Bertz CT molecular complexity index is 668. The number of methoxy groups -OCH3 is 1. The predicted octanol–water partition coefficient (Wildman–Crippen LogP) is 6.42. The van der Waals surface area contributed by atoms with E-state index in [2.05, 4.69) is 19.2 Å². The highest BCUT2D eigenvalue weighted by atomic mass is 19.3. The summed E-state index contributed by atoms with van der Waals surface area (Å²) < 4.78 is 30.0. The van der Waals surface area contributed by atoms with Crippen LogP contribution in [0.5, 0.6) is 0 Å². The van der Waals surface area contributed by atoms with Gasteiger partial charge in [0.05, 0.1) is 24.8 Å². The second kappa shape index (κ2) is 17.8. The van der Waals surface area contributed by atoms with Crippen LogP contribution in [0.4, 0.5) is 8.78 Å². The van der Waals surface area contributed by atoms with E-state index >= 15 is 0 Å². The molecule has 0 aromatic heterocycles. The molecule has 1 aromatic rings. The van der Waals surface area contributed by atoms with Crippen molar-refractivity contribution in [3.05, 3.63) is 34.9 Å². The Hall–Kier alpha value is -1.57. The van der Waals surface area contributed by atoms with Gasteiger partial charge in [-0.2, -0.15) is 0 Å². The van der Waals surface area contributed by atoms with Gasteiger partial charge in [-0.3, -0.25) is 4.90 Å². The van der Waals surface area contributed by atoms with Gasteiger partial charge in [0.15, 0.2) is 0 Å². The maximum atomic E-state index is 12.6. The number of carbonyl (C=O) groups excluding carboxylic acids is 1. The number of rotatable bonds is 5. The number of alkyl halides is 2. The van der Waals surface area contributed by atoms with Crippen molar-refractivity contribution in [2.24, 2.45) is 0 Å². The van der Waals surface area contributed by atoms with Crippen LogP contribution >= 0.6 is 0 Å². The first-order valence-electron chi connectivity index (χ1n) is 12.2. The molecular weight excluding hydrogens is 438 g/mol. The summed E-state index contributed by atoms with van der Waals surface area (Å²) in [4.78, 5) is 13.7. The fourth-order valence-corrected chi connectivity index (χ4v) is 3.22. The molecule has 200 valence electrons. The number of esters is 1. The van der Waals surface area contributed by atoms with Crippen LogP contribution in [0.2, 0.25) is 0 Å². The van der Waals surface area contributed by atoms with Crippen LogP contribution in [-0.4, -0.2) is 61.3 Å². The Balaban J connectivity index is 0. The number of halogens is 2. The largest absolute Gasteiger partial charge is 0.465 e. The molecule has 7 heteroatoms. The summed E-state index contributed by atoms with van der Waals surface area (Å²) in [5.74, 6) is 0.110. The third-order valence-electron chi connectivity index (χ3n) is 4.56. The van der Waals surface area contributed by atoms with Gasteiger partial charge in [0.1, 0.15) is 0 Å². The van der Waals surface area contributed by atoms with Gasteiger partial charge in [-0.15, -0.1) is 0 Å². The van der Waals surface area contributed by atoms with Crippen LogP contribution in [-0.2, 0) is 4.74 Å². The van der Waals surface area contributed by atoms with E-state index in [4.69, 9.17) is 9.84 Å². The monoisotopic (exact) mass is 488 g/mol. The number of nitrogens with one attached hydrogen (secondary N) is 1. The van der Waals surface area contributed by atoms with Crippen LogP contribution in [0.3, 0.4) is 0 Å². The number of piperazine rings is 1. The molecule has 5 nitrogen and oxygen atoms in total. The number of benzene rings is 1. The number of carbonyl (C=O) groups is 1. The van der Waals surface area contributed by atoms with Gasteiger partial charge in [0.2, 0.25) is 0 Å². The van der Waals surface area contributed by atoms with E-state index in [0.717, 1.165) is 24.0 Å². The predicted molar refractivity (Wildman–Crippen MR) is 139 cm³/mol. The molecule has 1 aliphatic heterocycles. The number of ether oxygens (including phenoxy) is 1. The van der Waals surface area contributed by atoms with E-state index < -0.39 is 12.0 Å². The van der Waals surface area contributed by atoms with E-state index in [1.54, 1.807) is 25.7 Å². The summed E-state index contributed by atoms with van der Waals surface area (Å²) in [6, 6.07) is 5.78. The van der Waals surface area contributed by atoms with Gasteiger partial charge in [-0.05, 0) is 56.7 Å². The molecule has 1 atom stereocenters. The van der Waals surface area contributed by atoms with Crippen molar-refractivity contribution in [2.45, 2.75) is 99.1 Å². The minimum atomic E-state index is -2.31. The van der Waals surface area contributed by atoms with Gasteiger partial charge in [0.25, 0.3) is 6.43 Å². The fourth-order valence-electron chi connectivity index (χ4n) is 3.22. The molecular formula is C27H50F2N2O3. The quantitative estimate of drug-likeness (QED) is 0.469. The summed E-state index contributed by atoms with van der Waals surface area (Å²) in [7, 11) is 1.39. The minimum absolute atomic E-state index is 0. The Morgan fingerprint density at radius 3 is 2.21 bits per heavy atom. The van der Waals surface area contributed by atoms with E-state index in [1.807, 2.05) is 32.0 Å². The fraction of sp³-hybridized carbons (Fsp3) is 0.741. The zero-order valence-corrected chi connectivity index (χ0v) is 21.9. The number of hydrogen-bond donors (Lipinski definition) is 2. The van der Waals surface area contributed by atoms with Gasteiger partial charge in [-0.25, -0.2) is 13.6 Å². The molecule has 0 amide bonds. The molecule has 1 saturated heterocycles. The topological polar surface area (TPSA) is 61.8 Å². The van der Waals surface area contributed by atoms with E-state index in [1.165, 1.54) is 13.5 Å². The Kier molecular flexibility index (Phi) is 18.1. The molecule has 1 heterocycles. The Morgan fingerprint density at radius 2 is 1.76 bits per heavy atom. The number of aliphatic hydroxyl groups is 1. The molecule has 2 fully saturated rings. The lowest BCUT2D eigenvalue weighted by molar-refractivity contribution is 0.0598. The first-order valence-corrected chi connectivity index (χ1v) is 12.2. The lowest BCUT2D eigenvalue weighted by Crippen LogP contribution is -2.47. The first-order chi connectivity index (χ1) is 15.5.